The normalized spacial score (nSPS) is 23.1. The van der Waals surface area contributed by atoms with Gasteiger partial charge in [-0.2, -0.15) is 0 Å². The number of benzene rings is 2. The molecule has 2 aromatic carbocycles. The first kappa shape index (κ1) is 14.0. The predicted octanol–water partition coefficient (Wildman–Crippen LogP) is 3.82. The molecular weight excluding hydrogens is 321 g/mol. The van der Waals surface area contributed by atoms with E-state index in [1.54, 1.807) is 0 Å². The fourth-order valence-corrected chi connectivity index (χ4v) is 3.18. The smallest absolute Gasteiger partial charge is 0.139 e. The average Bonchev–Trinajstić information content (AvgIpc) is 2.48. The van der Waals surface area contributed by atoms with Crippen molar-refractivity contribution in [1.82, 2.24) is 5.32 Å². The molecule has 0 bridgehead atoms. The Labute approximate surface area is 126 Å². The molecule has 0 aliphatic carbocycles. The summed E-state index contributed by atoms with van der Waals surface area (Å²) >= 11 is 3.64. The van der Waals surface area contributed by atoms with Crippen molar-refractivity contribution in [3.8, 4) is 0 Å². The lowest BCUT2D eigenvalue weighted by Gasteiger charge is -2.27. The first-order chi connectivity index (χ1) is 9.75. The van der Waals surface area contributed by atoms with Gasteiger partial charge in [0.1, 0.15) is 6.17 Å². The van der Waals surface area contributed by atoms with Crippen LogP contribution in [0.2, 0.25) is 0 Å². The molecule has 1 N–H and O–H groups in total. The van der Waals surface area contributed by atoms with Crippen LogP contribution in [0.4, 0.5) is 4.39 Å². The zero-order valence-electron chi connectivity index (χ0n) is 11.1. The number of hydrogen-bond acceptors (Lipinski definition) is 2. The highest BCUT2D eigenvalue weighted by Gasteiger charge is 2.25. The average molecular weight is 338 g/mol. The van der Waals surface area contributed by atoms with E-state index in [0.29, 0.717) is 13.2 Å². The molecule has 2 atom stereocenters. The maximum atomic E-state index is 13.7. The van der Waals surface area contributed by atoms with E-state index in [4.69, 9.17) is 4.74 Å². The van der Waals surface area contributed by atoms with E-state index in [-0.39, 0.29) is 6.10 Å². The van der Waals surface area contributed by atoms with Crippen molar-refractivity contribution in [1.29, 1.82) is 0 Å². The third-order valence-corrected chi connectivity index (χ3v) is 4.68. The molecule has 1 heterocycles. The number of halogens is 2. The fraction of sp³-hybridized carbons (Fsp3) is 0.375. The molecule has 2 aromatic rings. The van der Waals surface area contributed by atoms with Gasteiger partial charge >= 0.3 is 0 Å². The molecule has 0 amide bonds. The zero-order chi connectivity index (χ0) is 13.9. The minimum absolute atomic E-state index is 0.297. The van der Waals surface area contributed by atoms with E-state index >= 15 is 0 Å². The predicted molar refractivity (Wildman–Crippen MR) is 82.6 cm³/mol. The summed E-state index contributed by atoms with van der Waals surface area (Å²) in [7, 11) is 0. The second kappa shape index (κ2) is 6.20. The molecule has 1 aliphatic rings. The molecule has 0 spiro atoms. The number of nitrogens with one attached hydrogen (secondary N) is 1. The van der Waals surface area contributed by atoms with Crippen molar-refractivity contribution in [2.75, 3.05) is 13.1 Å². The van der Waals surface area contributed by atoms with Crippen LogP contribution in [-0.2, 0) is 11.3 Å². The largest absolute Gasteiger partial charge is 0.370 e. The Bertz CT molecular complexity index is 604. The first-order valence-corrected chi connectivity index (χ1v) is 7.67. The standard InChI is InChI=1S/C16H17BrFNO/c17-16-12(6-5-11-3-1-2-4-13(11)16)10-20-15-7-8-19-9-14(15)18/h1-6,14-15,19H,7-10H2. The Morgan fingerprint density at radius 1 is 1.25 bits per heavy atom. The number of ether oxygens (including phenoxy) is 1. The van der Waals surface area contributed by atoms with E-state index in [1.807, 2.05) is 18.2 Å². The first-order valence-electron chi connectivity index (χ1n) is 6.88. The molecular formula is C16H17BrFNO. The third-order valence-electron chi connectivity index (χ3n) is 3.74. The van der Waals surface area contributed by atoms with Gasteiger partial charge in [-0.15, -0.1) is 0 Å². The second-order valence-corrected chi connectivity index (χ2v) is 5.91. The van der Waals surface area contributed by atoms with Gasteiger partial charge in [0.2, 0.25) is 0 Å². The van der Waals surface area contributed by atoms with Crippen LogP contribution in [0.15, 0.2) is 40.9 Å². The van der Waals surface area contributed by atoms with Gasteiger partial charge in [0, 0.05) is 11.0 Å². The quantitative estimate of drug-likeness (QED) is 0.919. The van der Waals surface area contributed by atoms with Crippen LogP contribution >= 0.6 is 15.9 Å². The highest BCUT2D eigenvalue weighted by Crippen LogP contribution is 2.28. The van der Waals surface area contributed by atoms with E-state index < -0.39 is 6.17 Å². The third kappa shape index (κ3) is 2.87. The van der Waals surface area contributed by atoms with E-state index in [1.165, 1.54) is 5.39 Å². The summed E-state index contributed by atoms with van der Waals surface area (Å²) in [5.41, 5.74) is 1.06. The van der Waals surface area contributed by atoms with Gasteiger partial charge < -0.3 is 10.1 Å². The monoisotopic (exact) mass is 337 g/mol. The molecule has 1 saturated heterocycles. The molecule has 2 unspecified atom stereocenters. The Morgan fingerprint density at radius 2 is 2.10 bits per heavy atom. The summed E-state index contributed by atoms with van der Waals surface area (Å²) in [5.74, 6) is 0. The molecule has 1 aliphatic heterocycles. The molecule has 3 rings (SSSR count). The summed E-state index contributed by atoms with van der Waals surface area (Å²) < 4.78 is 20.5. The topological polar surface area (TPSA) is 21.3 Å². The summed E-state index contributed by atoms with van der Waals surface area (Å²) in [5, 5.41) is 5.38. The van der Waals surface area contributed by atoms with Crippen LogP contribution in [0.1, 0.15) is 12.0 Å². The van der Waals surface area contributed by atoms with Crippen molar-refractivity contribution in [3.05, 3.63) is 46.4 Å². The zero-order valence-corrected chi connectivity index (χ0v) is 12.7. The summed E-state index contributed by atoms with van der Waals surface area (Å²) in [6.07, 6.45) is -0.482. The summed E-state index contributed by atoms with van der Waals surface area (Å²) in [6.45, 7) is 1.66. The fourth-order valence-electron chi connectivity index (χ4n) is 2.57. The van der Waals surface area contributed by atoms with Crippen molar-refractivity contribution in [2.24, 2.45) is 0 Å². The van der Waals surface area contributed by atoms with Crippen molar-refractivity contribution in [2.45, 2.75) is 25.3 Å². The van der Waals surface area contributed by atoms with Crippen molar-refractivity contribution in [3.63, 3.8) is 0 Å². The van der Waals surface area contributed by atoms with Crippen LogP contribution in [0, 0.1) is 0 Å². The van der Waals surface area contributed by atoms with Crippen LogP contribution in [0.3, 0.4) is 0 Å². The van der Waals surface area contributed by atoms with Gasteiger partial charge in [0.05, 0.1) is 12.7 Å². The number of alkyl halides is 1. The van der Waals surface area contributed by atoms with Gasteiger partial charge in [-0.1, -0.05) is 36.4 Å². The maximum absolute atomic E-state index is 13.7. The molecule has 1 fully saturated rings. The number of rotatable bonds is 3. The molecule has 0 saturated carbocycles. The van der Waals surface area contributed by atoms with Gasteiger partial charge in [-0.3, -0.25) is 0 Å². The minimum Gasteiger partial charge on any atom is -0.370 e. The van der Waals surface area contributed by atoms with Crippen molar-refractivity contribution >= 4 is 26.7 Å². The maximum Gasteiger partial charge on any atom is 0.139 e. The second-order valence-electron chi connectivity index (χ2n) is 5.12. The Hall–Kier alpha value is -0.970. The Kier molecular flexibility index (Phi) is 4.34. The molecule has 0 aromatic heterocycles. The highest BCUT2D eigenvalue weighted by atomic mass is 79.9. The van der Waals surface area contributed by atoms with Crippen LogP contribution in [-0.4, -0.2) is 25.4 Å². The van der Waals surface area contributed by atoms with Gasteiger partial charge in [-0.25, -0.2) is 4.39 Å². The molecule has 4 heteroatoms. The molecule has 2 nitrogen and oxygen atoms in total. The molecule has 106 valence electrons. The molecule has 0 radical (unpaired) electrons. The lowest BCUT2D eigenvalue weighted by Crippen LogP contribution is -2.42. The number of piperidine rings is 1. The SMILES string of the molecule is FC1CNCCC1OCc1ccc2ccccc2c1Br. The Morgan fingerprint density at radius 3 is 2.95 bits per heavy atom. The molecule has 20 heavy (non-hydrogen) atoms. The minimum atomic E-state index is -0.914. The van der Waals surface area contributed by atoms with Gasteiger partial charge in [0.25, 0.3) is 0 Å². The van der Waals surface area contributed by atoms with E-state index in [0.717, 1.165) is 28.4 Å². The van der Waals surface area contributed by atoms with Crippen LogP contribution < -0.4 is 5.32 Å². The summed E-state index contributed by atoms with van der Waals surface area (Å²) in [6, 6.07) is 12.3. The van der Waals surface area contributed by atoms with Gasteiger partial charge in [-0.05, 0) is 45.2 Å². The highest BCUT2D eigenvalue weighted by molar-refractivity contribution is 9.10. The van der Waals surface area contributed by atoms with Crippen molar-refractivity contribution < 1.29 is 9.13 Å². The van der Waals surface area contributed by atoms with Gasteiger partial charge in [0.15, 0.2) is 0 Å². The number of fused-ring (bicyclic) bond motifs is 1. The lowest BCUT2D eigenvalue weighted by atomic mass is 10.1. The van der Waals surface area contributed by atoms with E-state index in [2.05, 4.69) is 39.4 Å². The van der Waals surface area contributed by atoms with E-state index in [9.17, 15) is 4.39 Å². The van der Waals surface area contributed by atoms with Crippen LogP contribution in [0.25, 0.3) is 10.8 Å². The Balaban J connectivity index is 1.75. The summed E-state index contributed by atoms with van der Waals surface area (Å²) in [4.78, 5) is 0. The number of hydrogen-bond donors (Lipinski definition) is 1. The lowest BCUT2D eigenvalue weighted by molar-refractivity contribution is -0.0276. The van der Waals surface area contributed by atoms with Crippen LogP contribution in [0.5, 0.6) is 0 Å².